The Morgan fingerprint density at radius 3 is 2.48 bits per heavy atom. The van der Waals surface area contributed by atoms with Gasteiger partial charge in [-0.1, -0.05) is 25.4 Å². The molecule has 8 heteroatoms. The number of hydrogen-bond acceptors (Lipinski definition) is 5. The number of halogens is 1. The van der Waals surface area contributed by atoms with E-state index in [1.54, 1.807) is 17.0 Å². The zero-order chi connectivity index (χ0) is 20.5. The second-order valence-corrected chi connectivity index (χ2v) is 8.55. The maximum atomic E-state index is 13.0. The van der Waals surface area contributed by atoms with E-state index in [2.05, 4.69) is 10.2 Å². The van der Waals surface area contributed by atoms with Crippen molar-refractivity contribution in [2.75, 3.05) is 24.5 Å². The van der Waals surface area contributed by atoms with Crippen molar-refractivity contribution >= 4 is 29.1 Å². The number of likely N-dealkylation sites (tertiary alicyclic amines) is 1. The molecule has 0 aliphatic carbocycles. The van der Waals surface area contributed by atoms with Gasteiger partial charge in [0.05, 0.1) is 5.92 Å². The number of carbonyl (C=O) groups excluding carboxylic acids is 2. The normalized spacial score (nSPS) is 20.7. The maximum Gasteiger partial charge on any atom is 0.228 e. The smallest absolute Gasteiger partial charge is 0.228 e. The third-order valence-electron chi connectivity index (χ3n) is 5.72. The first-order chi connectivity index (χ1) is 13.9. The number of aromatic nitrogens is 2. The van der Waals surface area contributed by atoms with Gasteiger partial charge in [-0.2, -0.15) is 0 Å². The molecule has 0 N–H and O–H groups in total. The summed E-state index contributed by atoms with van der Waals surface area (Å²) in [7, 11) is 0. The van der Waals surface area contributed by atoms with Crippen LogP contribution in [0.15, 0.2) is 28.7 Å². The number of hydrogen-bond donors (Lipinski definition) is 0. The monoisotopic (exact) mass is 416 g/mol. The first-order valence-electron chi connectivity index (χ1n) is 10.1. The van der Waals surface area contributed by atoms with E-state index in [0.29, 0.717) is 36.4 Å². The Labute approximate surface area is 175 Å². The van der Waals surface area contributed by atoms with Gasteiger partial charge in [-0.25, -0.2) is 0 Å². The second-order valence-electron chi connectivity index (χ2n) is 8.11. The lowest BCUT2D eigenvalue weighted by Gasteiger charge is -2.32. The fourth-order valence-corrected chi connectivity index (χ4v) is 4.12. The lowest BCUT2D eigenvalue weighted by Crippen LogP contribution is -2.42. The van der Waals surface area contributed by atoms with Crippen molar-refractivity contribution in [1.29, 1.82) is 0 Å². The van der Waals surface area contributed by atoms with Crippen molar-refractivity contribution in [2.45, 2.75) is 44.9 Å². The van der Waals surface area contributed by atoms with Crippen LogP contribution in [0.1, 0.15) is 56.7 Å². The van der Waals surface area contributed by atoms with Crippen molar-refractivity contribution in [3.8, 4) is 0 Å². The summed E-state index contributed by atoms with van der Waals surface area (Å²) in [5, 5.41) is 8.92. The topological polar surface area (TPSA) is 79.5 Å². The lowest BCUT2D eigenvalue weighted by molar-refractivity contribution is -0.136. The Balaban J connectivity index is 1.35. The highest BCUT2D eigenvalue weighted by Crippen LogP contribution is 2.31. The van der Waals surface area contributed by atoms with Crippen LogP contribution in [-0.4, -0.2) is 46.5 Å². The molecule has 0 saturated carbocycles. The number of carbonyl (C=O) groups is 2. The molecule has 2 saturated heterocycles. The average molecular weight is 417 g/mol. The third-order valence-corrected chi connectivity index (χ3v) is 5.97. The first-order valence-corrected chi connectivity index (χ1v) is 10.5. The van der Waals surface area contributed by atoms with E-state index >= 15 is 0 Å². The van der Waals surface area contributed by atoms with Crippen LogP contribution >= 0.6 is 11.6 Å². The maximum absolute atomic E-state index is 13.0. The van der Waals surface area contributed by atoms with Crippen LogP contribution in [-0.2, 0) is 9.59 Å². The Morgan fingerprint density at radius 1 is 1.17 bits per heavy atom. The summed E-state index contributed by atoms with van der Waals surface area (Å²) in [5.41, 5.74) is 0.783. The van der Waals surface area contributed by atoms with Crippen LogP contribution in [0.25, 0.3) is 0 Å². The summed E-state index contributed by atoms with van der Waals surface area (Å²) in [6.07, 6.45) is 1.85. The minimum Gasteiger partial charge on any atom is -0.425 e. The van der Waals surface area contributed by atoms with Gasteiger partial charge in [0.1, 0.15) is 0 Å². The van der Waals surface area contributed by atoms with Gasteiger partial charge in [-0.05, 0) is 37.1 Å². The molecule has 2 aromatic rings. The molecular formula is C21H25ClN4O3. The standard InChI is InChI=1S/C21H25ClN4O3/c1-13(2)19-23-24-20(29-19)14-7-9-25(10-8-14)21(28)15-11-18(27)26(12-15)17-5-3-16(22)4-6-17/h3-6,13-15H,7-12H2,1-2H3. The highest BCUT2D eigenvalue weighted by atomic mass is 35.5. The number of nitrogens with zero attached hydrogens (tertiary/aromatic N) is 4. The molecule has 4 rings (SSSR count). The predicted octanol–water partition coefficient (Wildman–Crippen LogP) is 3.61. The number of benzene rings is 1. The van der Waals surface area contributed by atoms with Gasteiger partial charge in [-0.3, -0.25) is 9.59 Å². The quantitative estimate of drug-likeness (QED) is 0.760. The van der Waals surface area contributed by atoms with Gasteiger partial charge in [0.15, 0.2) is 0 Å². The SMILES string of the molecule is CC(C)c1nnc(C2CCN(C(=O)C3CC(=O)N(c4ccc(Cl)cc4)C3)CC2)o1. The van der Waals surface area contributed by atoms with Crippen molar-refractivity contribution in [1.82, 2.24) is 15.1 Å². The molecule has 2 aliphatic heterocycles. The zero-order valence-corrected chi connectivity index (χ0v) is 17.4. The Bertz CT molecular complexity index is 888. The Hall–Kier alpha value is -2.41. The van der Waals surface area contributed by atoms with Crippen molar-refractivity contribution in [3.05, 3.63) is 41.1 Å². The molecule has 154 valence electrons. The molecule has 29 heavy (non-hydrogen) atoms. The molecule has 0 bridgehead atoms. The van der Waals surface area contributed by atoms with Crippen molar-refractivity contribution < 1.29 is 14.0 Å². The van der Waals surface area contributed by atoms with E-state index < -0.39 is 0 Å². The van der Waals surface area contributed by atoms with E-state index in [-0.39, 0.29) is 36.0 Å². The third kappa shape index (κ3) is 4.15. The molecule has 0 radical (unpaired) electrons. The van der Waals surface area contributed by atoms with E-state index in [1.807, 2.05) is 30.9 Å². The molecule has 7 nitrogen and oxygen atoms in total. The van der Waals surface area contributed by atoms with Crippen LogP contribution in [0.2, 0.25) is 5.02 Å². The minimum absolute atomic E-state index is 0.0207. The molecule has 2 amide bonds. The van der Waals surface area contributed by atoms with E-state index in [4.69, 9.17) is 16.0 Å². The summed E-state index contributed by atoms with van der Waals surface area (Å²) in [5.74, 6) is 1.47. The zero-order valence-electron chi connectivity index (χ0n) is 16.7. The van der Waals surface area contributed by atoms with Crippen LogP contribution in [0.4, 0.5) is 5.69 Å². The van der Waals surface area contributed by atoms with Crippen molar-refractivity contribution in [3.63, 3.8) is 0 Å². The van der Waals surface area contributed by atoms with Gasteiger partial charge >= 0.3 is 0 Å². The largest absolute Gasteiger partial charge is 0.425 e. The van der Waals surface area contributed by atoms with Crippen LogP contribution in [0, 0.1) is 5.92 Å². The van der Waals surface area contributed by atoms with Crippen LogP contribution in [0.5, 0.6) is 0 Å². The van der Waals surface area contributed by atoms with Crippen LogP contribution in [0.3, 0.4) is 0 Å². The molecule has 3 heterocycles. The Morgan fingerprint density at radius 2 is 1.86 bits per heavy atom. The summed E-state index contributed by atoms with van der Waals surface area (Å²) < 4.78 is 5.78. The fraction of sp³-hybridized carbons (Fsp3) is 0.524. The summed E-state index contributed by atoms with van der Waals surface area (Å²) >= 11 is 5.93. The van der Waals surface area contributed by atoms with Gasteiger partial charge in [0, 0.05) is 48.6 Å². The number of rotatable bonds is 4. The predicted molar refractivity (Wildman–Crippen MR) is 109 cm³/mol. The Kier molecular flexibility index (Phi) is 5.58. The van der Waals surface area contributed by atoms with E-state index in [9.17, 15) is 9.59 Å². The first kappa shape index (κ1) is 19.9. The number of anilines is 1. The van der Waals surface area contributed by atoms with Gasteiger partial charge < -0.3 is 14.2 Å². The molecule has 1 atom stereocenters. The molecule has 2 fully saturated rings. The average Bonchev–Trinajstić information content (AvgIpc) is 3.36. The summed E-state index contributed by atoms with van der Waals surface area (Å²) in [6.45, 7) is 5.76. The van der Waals surface area contributed by atoms with E-state index in [1.165, 1.54) is 0 Å². The fourth-order valence-electron chi connectivity index (χ4n) is 3.99. The number of piperidine rings is 1. The van der Waals surface area contributed by atoms with Gasteiger partial charge in [0.2, 0.25) is 23.6 Å². The molecule has 0 spiro atoms. The molecular weight excluding hydrogens is 392 g/mol. The summed E-state index contributed by atoms with van der Waals surface area (Å²) in [4.78, 5) is 29.0. The molecule has 2 aliphatic rings. The van der Waals surface area contributed by atoms with E-state index in [0.717, 1.165) is 18.5 Å². The minimum atomic E-state index is -0.300. The molecule has 1 aromatic carbocycles. The lowest BCUT2D eigenvalue weighted by atomic mass is 9.95. The highest BCUT2D eigenvalue weighted by Gasteiger charge is 2.38. The van der Waals surface area contributed by atoms with Gasteiger partial charge in [0.25, 0.3) is 0 Å². The van der Waals surface area contributed by atoms with Crippen molar-refractivity contribution in [2.24, 2.45) is 5.92 Å². The highest BCUT2D eigenvalue weighted by molar-refractivity contribution is 6.30. The van der Waals surface area contributed by atoms with Crippen LogP contribution < -0.4 is 4.90 Å². The summed E-state index contributed by atoms with van der Waals surface area (Å²) in [6, 6.07) is 7.14. The molecule has 1 unspecified atom stereocenters. The second kappa shape index (κ2) is 8.14. The number of amides is 2. The molecule has 1 aromatic heterocycles. The van der Waals surface area contributed by atoms with Gasteiger partial charge in [-0.15, -0.1) is 10.2 Å².